The van der Waals surface area contributed by atoms with Crippen molar-refractivity contribution in [1.82, 2.24) is 31.9 Å². The number of hydrogen-bond donors (Lipinski definition) is 6. The monoisotopic (exact) mass is 723 g/mol. The van der Waals surface area contributed by atoms with Gasteiger partial charge in [-0.2, -0.15) is 4.73 Å². The second-order valence-corrected chi connectivity index (χ2v) is 14.5. The summed E-state index contributed by atoms with van der Waals surface area (Å²) in [6, 6.07) is 8.93. The first-order valence-corrected chi connectivity index (χ1v) is 18.6. The van der Waals surface area contributed by atoms with E-state index in [0.29, 0.717) is 43.4 Å². The molecule has 0 aliphatic rings. The van der Waals surface area contributed by atoms with Gasteiger partial charge in [0.05, 0.1) is 11.6 Å². The van der Waals surface area contributed by atoms with E-state index >= 15 is 0 Å². The Morgan fingerprint density at radius 3 is 1.85 bits per heavy atom. The van der Waals surface area contributed by atoms with Crippen molar-refractivity contribution in [2.24, 2.45) is 17.8 Å². The zero-order chi connectivity index (χ0) is 38.8. The molecule has 0 saturated carbocycles. The van der Waals surface area contributed by atoms with Crippen LogP contribution in [0.5, 0.6) is 0 Å². The summed E-state index contributed by atoms with van der Waals surface area (Å²) in [5, 5.41) is 29.3. The first-order chi connectivity index (χ1) is 24.6. The molecule has 6 N–H and O–H groups in total. The molecule has 5 atom stereocenters. The maximum absolute atomic E-state index is 14.0. The van der Waals surface area contributed by atoms with Gasteiger partial charge >= 0.3 is 0 Å². The van der Waals surface area contributed by atoms with Gasteiger partial charge in [0.15, 0.2) is 12.4 Å². The summed E-state index contributed by atoms with van der Waals surface area (Å²) in [6.45, 7) is 16.2. The molecule has 52 heavy (non-hydrogen) atoms. The Morgan fingerprint density at radius 1 is 0.692 bits per heavy atom. The number of nitrogens with one attached hydrogen (secondary N) is 6. The van der Waals surface area contributed by atoms with Crippen LogP contribution in [0.25, 0.3) is 0 Å². The number of likely N-dealkylation sites (N-methyl/N-ethyl adjacent to an activating group) is 1. The van der Waals surface area contributed by atoms with E-state index in [4.69, 9.17) is 0 Å². The molecule has 0 unspecified atom stereocenters. The van der Waals surface area contributed by atoms with E-state index < -0.39 is 36.0 Å². The van der Waals surface area contributed by atoms with Gasteiger partial charge in [-0.3, -0.25) is 24.0 Å². The standard InChI is InChI=1S/C39H61N7O6/c1-9-31(36(48)45-34(27(7)8)39(51)40-10-2)41-24-30(22-25(3)4)42-37(49)32(17-16-28-14-12-11-13-15-28)43-38(50)33(23-26(5)6)44-35(47)29-18-20-46(52)21-19-29/h11-15,18-21,25-27,30-34,41H,9-10,16-17,22-24H2,1-8H3,(H,40,51)(H,42,49)(H,43,50)(H,44,47)(H,45,48)/t30-,31-,32-,33-,34-/m0/s1. The van der Waals surface area contributed by atoms with Gasteiger partial charge in [-0.05, 0) is 62.3 Å². The van der Waals surface area contributed by atoms with Gasteiger partial charge in [0, 0.05) is 31.3 Å². The molecule has 5 amide bonds. The van der Waals surface area contributed by atoms with Crippen molar-refractivity contribution in [1.29, 1.82) is 0 Å². The first kappa shape index (κ1) is 43.6. The number of carbonyl (C=O) groups is 5. The Labute approximate surface area is 309 Å². The van der Waals surface area contributed by atoms with Gasteiger partial charge in [-0.25, -0.2) is 0 Å². The van der Waals surface area contributed by atoms with Gasteiger partial charge < -0.3 is 37.1 Å². The number of nitrogens with zero attached hydrogens (tertiary/aromatic N) is 1. The number of benzene rings is 1. The highest BCUT2D eigenvalue weighted by atomic mass is 16.5. The number of pyridine rings is 1. The molecule has 0 aliphatic carbocycles. The van der Waals surface area contributed by atoms with Crippen LogP contribution in [-0.4, -0.2) is 72.8 Å². The van der Waals surface area contributed by atoms with Crippen molar-refractivity contribution in [3.63, 3.8) is 0 Å². The highest BCUT2D eigenvalue weighted by Gasteiger charge is 2.30. The van der Waals surface area contributed by atoms with Crippen molar-refractivity contribution < 1.29 is 28.7 Å². The Balaban J connectivity index is 2.25. The molecule has 13 heteroatoms. The minimum Gasteiger partial charge on any atom is -0.619 e. The lowest BCUT2D eigenvalue weighted by Crippen LogP contribution is -2.58. The van der Waals surface area contributed by atoms with Crippen molar-refractivity contribution in [2.75, 3.05) is 13.1 Å². The quantitative estimate of drug-likeness (QED) is 0.0797. The van der Waals surface area contributed by atoms with Crippen molar-refractivity contribution in [3.8, 4) is 0 Å². The highest BCUT2D eigenvalue weighted by molar-refractivity contribution is 5.98. The molecule has 0 spiro atoms. The predicted molar refractivity (Wildman–Crippen MR) is 202 cm³/mol. The molecule has 2 aromatic rings. The number of rotatable bonds is 22. The van der Waals surface area contributed by atoms with Gasteiger partial charge in [0.2, 0.25) is 23.6 Å². The average Bonchev–Trinajstić information content (AvgIpc) is 3.08. The zero-order valence-corrected chi connectivity index (χ0v) is 32.2. The van der Waals surface area contributed by atoms with E-state index in [1.807, 2.05) is 85.7 Å². The predicted octanol–water partition coefficient (Wildman–Crippen LogP) is 2.76. The summed E-state index contributed by atoms with van der Waals surface area (Å²) in [7, 11) is 0. The van der Waals surface area contributed by atoms with Crippen LogP contribution in [0.3, 0.4) is 0 Å². The van der Waals surface area contributed by atoms with E-state index in [0.717, 1.165) is 5.56 Å². The van der Waals surface area contributed by atoms with E-state index in [1.54, 1.807) is 0 Å². The zero-order valence-electron chi connectivity index (χ0n) is 32.2. The van der Waals surface area contributed by atoms with Crippen LogP contribution < -0.4 is 36.6 Å². The van der Waals surface area contributed by atoms with E-state index in [9.17, 15) is 29.2 Å². The van der Waals surface area contributed by atoms with Gasteiger partial charge in [0.1, 0.15) is 18.1 Å². The summed E-state index contributed by atoms with van der Waals surface area (Å²) in [5.41, 5.74) is 1.24. The fourth-order valence-corrected chi connectivity index (χ4v) is 5.85. The Morgan fingerprint density at radius 2 is 1.29 bits per heavy atom. The molecule has 13 nitrogen and oxygen atoms in total. The molecule has 0 radical (unpaired) electrons. The largest absolute Gasteiger partial charge is 0.619 e. The lowest BCUT2D eigenvalue weighted by Gasteiger charge is -2.29. The van der Waals surface area contributed by atoms with Crippen LogP contribution in [0.2, 0.25) is 0 Å². The van der Waals surface area contributed by atoms with E-state index in [1.165, 1.54) is 24.5 Å². The maximum Gasteiger partial charge on any atom is 0.252 e. The third-order valence-corrected chi connectivity index (χ3v) is 8.63. The summed E-state index contributed by atoms with van der Waals surface area (Å²) < 4.78 is 0.570. The normalized spacial score (nSPS) is 14.2. The second kappa shape index (κ2) is 22.4. The topological polar surface area (TPSA) is 184 Å². The Hall–Kier alpha value is -4.52. The molecule has 0 fully saturated rings. The van der Waals surface area contributed by atoms with Crippen LogP contribution in [0.4, 0.5) is 0 Å². The number of aryl methyl sites for hydroxylation is 1. The molecule has 0 aliphatic heterocycles. The fourth-order valence-electron chi connectivity index (χ4n) is 5.85. The Kier molecular flexibility index (Phi) is 18.8. The Bertz CT molecular complexity index is 1420. The first-order valence-electron chi connectivity index (χ1n) is 18.6. The summed E-state index contributed by atoms with van der Waals surface area (Å²) >= 11 is 0. The SMILES string of the molecule is CCNC(=O)[C@@H](NC(=O)[C@H](CC)NC[C@H](CC(C)C)NC(=O)[C@H](CCc1ccccc1)NC(=O)[C@H](CC(C)C)NC(=O)c1cc[n+]([O-])cc1)C(C)C. The highest BCUT2D eigenvalue weighted by Crippen LogP contribution is 2.12. The average molecular weight is 724 g/mol. The third-order valence-electron chi connectivity index (χ3n) is 8.63. The minimum atomic E-state index is -0.926. The molecular weight excluding hydrogens is 662 g/mol. The lowest BCUT2D eigenvalue weighted by molar-refractivity contribution is -0.605. The molecule has 2 rings (SSSR count). The number of hydrogen-bond acceptors (Lipinski definition) is 7. The van der Waals surface area contributed by atoms with Crippen LogP contribution in [-0.2, 0) is 25.6 Å². The number of amides is 5. The minimum absolute atomic E-state index is 0.0503. The lowest BCUT2D eigenvalue weighted by atomic mass is 9.99. The summed E-state index contributed by atoms with van der Waals surface area (Å²) in [5.74, 6) is -1.74. The molecule has 0 bridgehead atoms. The third kappa shape index (κ3) is 15.4. The van der Waals surface area contributed by atoms with Crippen LogP contribution >= 0.6 is 0 Å². The van der Waals surface area contributed by atoms with E-state index in [-0.39, 0.29) is 53.6 Å². The summed E-state index contributed by atoms with van der Waals surface area (Å²) in [4.78, 5) is 66.8. The van der Waals surface area contributed by atoms with Crippen LogP contribution in [0, 0.1) is 23.0 Å². The van der Waals surface area contributed by atoms with Crippen molar-refractivity contribution in [2.45, 2.75) is 118 Å². The number of aromatic nitrogens is 1. The summed E-state index contributed by atoms with van der Waals surface area (Å²) in [6.07, 6.45) is 4.66. The second-order valence-electron chi connectivity index (χ2n) is 14.5. The van der Waals surface area contributed by atoms with Crippen molar-refractivity contribution >= 4 is 29.5 Å². The van der Waals surface area contributed by atoms with Crippen LogP contribution in [0.1, 0.15) is 97.0 Å². The molecule has 1 heterocycles. The maximum atomic E-state index is 14.0. The number of carbonyl (C=O) groups excluding carboxylic acids is 5. The van der Waals surface area contributed by atoms with Crippen LogP contribution in [0.15, 0.2) is 54.9 Å². The van der Waals surface area contributed by atoms with Gasteiger partial charge in [-0.1, -0.05) is 78.8 Å². The van der Waals surface area contributed by atoms with Gasteiger partial charge in [-0.15, -0.1) is 0 Å². The molecule has 0 saturated heterocycles. The molecule has 288 valence electrons. The van der Waals surface area contributed by atoms with E-state index in [2.05, 4.69) is 31.9 Å². The van der Waals surface area contributed by atoms with Crippen molar-refractivity contribution in [3.05, 3.63) is 71.2 Å². The molecular formula is C39H61N7O6. The molecule has 1 aromatic heterocycles. The smallest absolute Gasteiger partial charge is 0.252 e. The van der Waals surface area contributed by atoms with Gasteiger partial charge in [0.25, 0.3) is 5.91 Å². The molecule has 1 aromatic carbocycles. The fraction of sp³-hybridized carbons (Fsp3) is 0.590.